The van der Waals surface area contributed by atoms with E-state index in [-0.39, 0.29) is 5.78 Å². The second kappa shape index (κ2) is 5.84. The Balaban J connectivity index is 2.06. The number of rotatable bonds is 5. The predicted octanol–water partition coefficient (Wildman–Crippen LogP) is 1.77. The maximum Gasteiger partial charge on any atom is 0.170 e. The van der Waals surface area contributed by atoms with E-state index in [1.165, 1.54) is 0 Å². The molecule has 1 aliphatic rings. The zero-order valence-electron chi connectivity index (χ0n) is 11.9. The number of carbonyl (C=O) groups is 1. The summed E-state index contributed by atoms with van der Waals surface area (Å²) >= 11 is 0. The number of carbonyl (C=O) groups excluding carboxylic acids is 1. The normalized spacial score (nSPS) is 18.7. The van der Waals surface area contributed by atoms with E-state index in [0.717, 1.165) is 5.69 Å². The van der Waals surface area contributed by atoms with E-state index >= 15 is 0 Å². The minimum Gasteiger partial charge on any atom is -0.381 e. The molecule has 0 aromatic carbocycles. The summed E-state index contributed by atoms with van der Waals surface area (Å²) < 4.78 is 12.7. The molecule has 5 nitrogen and oxygen atoms in total. The second-order valence-corrected chi connectivity index (χ2v) is 5.29. The number of hydrogen-bond donors (Lipinski definition) is 0. The molecule has 0 amide bonds. The Kier molecular flexibility index (Phi) is 4.37. The summed E-state index contributed by atoms with van der Waals surface area (Å²) in [6.07, 6.45) is 3.50. The summed E-state index contributed by atoms with van der Waals surface area (Å²) in [6.45, 7) is 5.29. The van der Waals surface area contributed by atoms with Crippen LogP contribution >= 0.6 is 0 Å². The van der Waals surface area contributed by atoms with Crippen LogP contribution in [0.4, 0.5) is 0 Å². The Labute approximate surface area is 113 Å². The standard InChI is InChI=1S/C14H22N2O3/c1-11(2)16-7-4-12(15-16)10-13(17)14(18-3)5-8-19-9-6-14/h4,7,11H,5-6,8-10H2,1-3H3. The number of ether oxygens (including phenoxy) is 2. The first-order valence-electron chi connectivity index (χ1n) is 6.77. The lowest BCUT2D eigenvalue weighted by molar-refractivity contribution is -0.152. The van der Waals surface area contributed by atoms with E-state index in [9.17, 15) is 4.79 Å². The first kappa shape index (κ1) is 14.2. The van der Waals surface area contributed by atoms with E-state index in [2.05, 4.69) is 18.9 Å². The van der Waals surface area contributed by atoms with Gasteiger partial charge in [0.1, 0.15) is 5.60 Å². The Bertz CT molecular complexity index is 434. The molecular weight excluding hydrogens is 244 g/mol. The van der Waals surface area contributed by atoms with E-state index in [1.54, 1.807) is 7.11 Å². The molecule has 1 fully saturated rings. The Morgan fingerprint density at radius 1 is 1.53 bits per heavy atom. The Morgan fingerprint density at radius 3 is 2.74 bits per heavy atom. The third kappa shape index (κ3) is 3.04. The van der Waals surface area contributed by atoms with Crippen molar-refractivity contribution >= 4 is 5.78 Å². The molecule has 0 spiro atoms. The quantitative estimate of drug-likeness (QED) is 0.815. The maximum atomic E-state index is 12.5. The number of Topliss-reactive ketones (excluding diaryl/α,β-unsaturated/α-hetero) is 1. The van der Waals surface area contributed by atoms with Gasteiger partial charge in [0.05, 0.1) is 12.1 Å². The van der Waals surface area contributed by atoms with Crippen molar-refractivity contribution in [2.75, 3.05) is 20.3 Å². The molecule has 0 N–H and O–H groups in total. The van der Waals surface area contributed by atoms with E-state index in [0.29, 0.717) is 38.5 Å². The second-order valence-electron chi connectivity index (χ2n) is 5.29. The fourth-order valence-electron chi connectivity index (χ4n) is 2.38. The molecule has 1 aromatic rings. The van der Waals surface area contributed by atoms with Crippen LogP contribution in [0.5, 0.6) is 0 Å². The number of nitrogens with zero attached hydrogens (tertiary/aromatic N) is 2. The lowest BCUT2D eigenvalue weighted by Crippen LogP contribution is -2.46. The third-order valence-electron chi connectivity index (χ3n) is 3.73. The summed E-state index contributed by atoms with van der Waals surface area (Å²) in [7, 11) is 1.61. The van der Waals surface area contributed by atoms with E-state index < -0.39 is 5.60 Å². The smallest absolute Gasteiger partial charge is 0.170 e. The molecule has 0 atom stereocenters. The highest BCUT2D eigenvalue weighted by Crippen LogP contribution is 2.26. The SMILES string of the molecule is COC1(C(=O)Cc2ccn(C(C)C)n2)CCOCC1. The summed E-state index contributed by atoms with van der Waals surface area (Å²) in [6, 6.07) is 2.21. The number of hydrogen-bond acceptors (Lipinski definition) is 4. The Hall–Kier alpha value is -1.20. The van der Waals surface area contributed by atoms with Gasteiger partial charge in [0, 0.05) is 45.4 Å². The van der Waals surface area contributed by atoms with Crippen LogP contribution in [0.3, 0.4) is 0 Å². The van der Waals surface area contributed by atoms with Gasteiger partial charge >= 0.3 is 0 Å². The molecule has 0 aliphatic carbocycles. The van der Waals surface area contributed by atoms with E-state index in [1.807, 2.05) is 16.9 Å². The van der Waals surface area contributed by atoms with Crippen molar-refractivity contribution in [3.8, 4) is 0 Å². The van der Waals surface area contributed by atoms with Gasteiger partial charge < -0.3 is 9.47 Å². The third-order valence-corrected chi connectivity index (χ3v) is 3.73. The van der Waals surface area contributed by atoms with Gasteiger partial charge in [0.25, 0.3) is 0 Å². The molecule has 0 saturated carbocycles. The molecule has 0 bridgehead atoms. The van der Waals surface area contributed by atoms with Crippen LogP contribution in [0.25, 0.3) is 0 Å². The van der Waals surface area contributed by atoms with Gasteiger partial charge in [-0.25, -0.2) is 0 Å². The van der Waals surface area contributed by atoms with Gasteiger partial charge in [0.2, 0.25) is 0 Å². The molecule has 106 valence electrons. The molecule has 19 heavy (non-hydrogen) atoms. The van der Waals surface area contributed by atoms with Gasteiger partial charge in [-0.05, 0) is 19.9 Å². The van der Waals surface area contributed by atoms with E-state index in [4.69, 9.17) is 9.47 Å². The fourth-order valence-corrected chi connectivity index (χ4v) is 2.38. The minimum atomic E-state index is -0.681. The van der Waals surface area contributed by atoms with Gasteiger partial charge in [-0.2, -0.15) is 5.10 Å². The van der Waals surface area contributed by atoms with Gasteiger partial charge in [-0.1, -0.05) is 0 Å². The summed E-state index contributed by atoms with van der Waals surface area (Å²) in [5.74, 6) is 0.104. The number of methoxy groups -OCH3 is 1. The van der Waals surface area contributed by atoms with Crippen molar-refractivity contribution in [1.82, 2.24) is 9.78 Å². The highest BCUT2D eigenvalue weighted by molar-refractivity contribution is 5.89. The zero-order valence-corrected chi connectivity index (χ0v) is 11.9. The van der Waals surface area contributed by atoms with Gasteiger partial charge in [-0.15, -0.1) is 0 Å². The molecule has 0 radical (unpaired) electrons. The molecular formula is C14H22N2O3. The average Bonchev–Trinajstić information content (AvgIpc) is 2.88. The number of ketones is 1. The van der Waals surface area contributed by atoms with Crippen LogP contribution in [0.1, 0.15) is 38.4 Å². The summed E-state index contributed by atoms with van der Waals surface area (Å²) in [5.41, 5.74) is 0.126. The van der Waals surface area contributed by atoms with Crippen molar-refractivity contribution in [2.45, 2.75) is 44.8 Å². The Morgan fingerprint density at radius 2 is 2.21 bits per heavy atom. The molecule has 1 aromatic heterocycles. The maximum absolute atomic E-state index is 12.5. The largest absolute Gasteiger partial charge is 0.381 e. The summed E-state index contributed by atoms with van der Waals surface area (Å²) in [5, 5.41) is 4.42. The molecule has 5 heteroatoms. The van der Waals surface area contributed by atoms with Crippen LogP contribution in [-0.4, -0.2) is 41.5 Å². The molecule has 1 saturated heterocycles. The lowest BCUT2D eigenvalue weighted by Gasteiger charge is -2.34. The van der Waals surface area contributed by atoms with Crippen LogP contribution in [0.2, 0.25) is 0 Å². The highest BCUT2D eigenvalue weighted by atomic mass is 16.5. The molecule has 0 unspecified atom stereocenters. The van der Waals surface area contributed by atoms with Crippen molar-refractivity contribution in [1.29, 1.82) is 0 Å². The van der Waals surface area contributed by atoms with Crippen LogP contribution < -0.4 is 0 Å². The predicted molar refractivity (Wildman–Crippen MR) is 71.1 cm³/mol. The molecule has 1 aliphatic heterocycles. The fraction of sp³-hybridized carbons (Fsp3) is 0.714. The summed E-state index contributed by atoms with van der Waals surface area (Å²) in [4.78, 5) is 12.5. The molecule has 2 heterocycles. The van der Waals surface area contributed by atoms with Crippen molar-refractivity contribution < 1.29 is 14.3 Å². The van der Waals surface area contributed by atoms with Crippen LogP contribution in [0.15, 0.2) is 12.3 Å². The topological polar surface area (TPSA) is 53.4 Å². The first-order chi connectivity index (χ1) is 9.07. The average molecular weight is 266 g/mol. The van der Waals surface area contributed by atoms with Crippen LogP contribution in [-0.2, 0) is 20.7 Å². The monoisotopic (exact) mass is 266 g/mol. The zero-order chi connectivity index (χ0) is 13.9. The minimum absolute atomic E-state index is 0.104. The number of aromatic nitrogens is 2. The van der Waals surface area contributed by atoms with Gasteiger partial charge in [-0.3, -0.25) is 9.48 Å². The van der Waals surface area contributed by atoms with Crippen LogP contribution in [0, 0.1) is 0 Å². The molecule has 2 rings (SSSR count). The van der Waals surface area contributed by atoms with Crippen molar-refractivity contribution in [2.24, 2.45) is 0 Å². The first-order valence-corrected chi connectivity index (χ1v) is 6.77. The van der Waals surface area contributed by atoms with Crippen molar-refractivity contribution in [3.63, 3.8) is 0 Å². The van der Waals surface area contributed by atoms with Gasteiger partial charge in [0.15, 0.2) is 5.78 Å². The highest BCUT2D eigenvalue weighted by Gasteiger charge is 2.39. The van der Waals surface area contributed by atoms with Crippen molar-refractivity contribution in [3.05, 3.63) is 18.0 Å². The lowest BCUT2D eigenvalue weighted by atomic mass is 9.87.